The number of hydrazone groups is 1. The highest BCUT2D eigenvalue weighted by atomic mass is 35.5. The molecule has 0 saturated carbocycles. The van der Waals surface area contributed by atoms with Gasteiger partial charge in [0.2, 0.25) is 0 Å². The number of hydrogen-bond acceptors (Lipinski definition) is 4. The second kappa shape index (κ2) is 6.10. The Kier molecular flexibility index (Phi) is 4.43. The molecule has 1 heterocycles. The first kappa shape index (κ1) is 15.3. The Labute approximate surface area is 128 Å². The molecule has 5 nitrogen and oxygen atoms in total. The highest BCUT2D eigenvalue weighted by molar-refractivity contribution is 6.32. The number of rotatable bonds is 3. The third kappa shape index (κ3) is 3.92. The second-order valence-corrected chi connectivity index (χ2v) is 6.05. The van der Waals surface area contributed by atoms with Crippen LogP contribution in [0.25, 0.3) is 0 Å². The quantitative estimate of drug-likeness (QED) is 0.676. The smallest absolute Gasteiger partial charge is 0.275 e. The van der Waals surface area contributed by atoms with E-state index in [1.165, 1.54) is 11.8 Å². The third-order valence-corrected chi connectivity index (χ3v) is 3.35. The minimum atomic E-state index is -0.452. The van der Waals surface area contributed by atoms with Crippen LogP contribution >= 0.6 is 11.6 Å². The van der Waals surface area contributed by atoms with Gasteiger partial charge >= 0.3 is 0 Å². The van der Waals surface area contributed by atoms with Crippen LogP contribution < -0.4 is 11.0 Å². The molecule has 2 rings (SSSR count). The van der Waals surface area contributed by atoms with E-state index in [1.807, 2.05) is 12.1 Å². The van der Waals surface area contributed by atoms with Gasteiger partial charge < -0.3 is 0 Å². The maximum atomic E-state index is 11.3. The molecule has 0 radical (unpaired) electrons. The van der Waals surface area contributed by atoms with Crippen molar-refractivity contribution in [1.29, 1.82) is 0 Å². The molecule has 0 bridgehead atoms. The van der Waals surface area contributed by atoms with Crippen molar-refractivity contribution in [2.24, 2.45) is 5.10 Å². The molecule has 2 aromatic rings. The van der Waals surface area contributed by atoms with Gasteiger partial charge in [-0.1, -0.05) is 56.6 Å². The summed E-state index contributed by atoms with van der Waals surface area (Å²) < 4.78 is 0. The lowest BCUT2D eigenvalue weighted by Gasteiger charge is -2.18. The minimum Gasteiger partial charge on any atom is -0.275 e. The Balaban J connectivity index is 2.08. The van der Waals surface area contributed by atoms with Gasteiger partial charge in [0.25, 0.3) is 5.56 Å². The van der Waals surface area contributed by atoms with E-state index in [2.05, 4.69) is 53.6 Å². The lowest BCUT2D eigenvalue weighted by Crippen LogP contribution is -2.10. The van der Waals surface area contributed by atoms with Crippen molar-refractivity contribution in [2.75, 3.05) is 5.43 Å². The van der Waals surface area contributed by atoms with Crippen LogP contribution in [0.4, 0.5) is 5.69 Å². The van der Waals surface area contributed by atoms with Crippen molar-refractivity contribution in [3.63, 3.8) is 0 Å². The van der Waals surface area contributed by atoms with Crippen LogP contribution in [0, 0.1) is 0 Å². The normalized spacial score (nSPS) is 11.8. The van der Waals surface area contributed by atoms with Crippen LogP contribution in [-0.4, -0.2) is 16.4 Å². The summed E-state index contributed by atoms with van der Waals surface area (Å²) in [7, 11) is 0. The van der Waals surface area contributed by atoms with Crippen LogP contribution in [0.5, 0.6) is 0 Å². The highest BCUT2D eigenvalue weighted by Crippen LogP contribution is 2.21. The summed E-state index contributed by atoms with van der Waals surface area (Å²) in [4.78, 5) is 11.3. The van der Waals surface area contributed by atoms with Gasteiger partial charge in [0.1, 0.15) is 10.7 Å². The number of benzene rings is 1. The van der Waals surface area contributed by atoms with Crippen molar-refractivity contribution in [1.82, 2.24) is 10.2 Å². The highest BCUT2D eigenvalue weighted by Gasteiger charge is 2.12. The van der Waals surface area contributed by atoms with E-state index in [9.17, 15) is 4.79 Å². The topological polar surface area (TPSA) is 70.1 Å². The summed E-state index contributed by atoms with van der Waals surface area (Å²) in [6, 6.07) is 8.12. The predicted octanol–water partition coefficient (Wildman–Crippen LogP) is 3.17. The first-order valence-electron chi connectivity index (χ1n) is 6.51. The fourth-order valence-electron chi connectivity index (χ4n) is 1.71. The van der Waals surface area contributed by atoms with Crippen LogP contribution in [0.15, 0.2) is 40.4 Å². The van der Waals surface area contributed by atoms with Gasteiger partial charge in [-0.15, -0.1) is 0 Å². The number of aromatic nitrogens is 2. The van der Waals surface area contributed by atoms with Gasteiger partial charge in [-0.05, 0) is 16.5 Å². The average Bonchev–Trinajstić information content (AvgIpc) is 2.43. The Hall–Kier alpha value is -2.14. The maximum Gasteiger partial charge on any atom is 0.285 e. The van der Waals surface area contributed by atoms with Gasteiger partial charge in [0, 0.05) is 0 Å². The molecule has 0 aliphatic carbocycles. The summed E-state index contributed by atoms with van der Waals surface area (Å²) in [6.07, 6.45) is 3.06. The average molecular weight is 305 g/mol. The number of nitrogens with zero attached hydrogens (tertiary/aromatic N) is 2. The summed E-state index contributed by atoms with van der Waals surface area (Å²) in [5, 5.41) is 9.98. The number of aromatic amines is 1. The Morgan fingerprint density at radius 3 is 2.57 bits per heavy atom. The zero-order valence-corrected chi connectivity index (χ0v) is 12.9. The SMILES string of the molecule is CC(C)(C)c1ccc(C=NNc2cn[nH]c(=O)c2Cl)cc1. The zero-order chi connectivity index (χ0) is 15.5. The predicted molar refractivity (Wildman–Crippen MR) is 86.2 cm³/mol. The molecule has 1 aromatic carbocycles. The number of H-pyrrole nitrogens is 1. The van der Waals surface area contributed by atoms with Crippen molar-refractivity contribution >= 4 is 23.5 Å². The fourth-order valence-corrected chi connectivity index (χ4v) is 1.84. The summed E-state index contributed by atoms with van der Waals surface area (Å²) in [5.41, 5.74) is 4.94. The Morgan fingerprint density at radius 2 is 1.95 bits per heavy atom. The molecule has 0 amide bonds. The Morgan fingerprint density at radius 1 is 1.29 bits per heavy atom. The van der Waals surface area contributed by atoms with Gasteiger partial charge in [0.15, 0.2) is 0 Å². The largest absolute Gasteiger partial charge is 0.285 e. The summed E-state index contributed by atoms with van der Waals surface area (Å²) in [6.45, 7) is 6.50. The van der Waals surface area contributed by atoms with E-state index in [0.29, 0.717) is 5.69 Å². The molecule has 0 aliphatic rings. The lowest BCUT2D eigenvalue weighted by molar-refractivity contribution is 0.590. The summed E-state index contributed by atoms with van der Waals surface area (Å²) >= 11 is 5.83. The monoisotopic (exact) mass is 304 g/mol. The zero-order valence-electron chi connectivity index (χ0n) is 12.1. The molecule has 0 spiro atoms. The van der Waals surface area contributed by atoms with Crippen LogP contribution in [0.2, 0.25) is 5.02 Å². The van der Waals surface area contributed by atoms with E-state index >= 15 is 0 Å². The molecule has 0 unspecified atom stereocenters. The fraction of sp³-hybridized carbons (Fsp3) is 0.267. The maximum absolute atomic E-state index is 11.3. The number of nitrogens with one attached hydrogen (secondary N) is 2. The van der Waals surface area contributed by atoms with Crippen LogP contribution in [0.1, 0.15) is 31.9 Å². The first-order valence-corrected chi connectivity index (χ1v) is 6.88. The van der Waals surface area contributed by atoms with Crippen molar-refractivity contribution in [3.05, 3.63) is 57.0 Å². The Bertz CT molecular complexity index is 699. The molecule has 0 aliphatic heterocycles. The van der Waals surface area contributed by atoms with Crippen LogP contribution in [-0.2, 0) is 5.41 Å². The molecule has 0 fully saturated rings. The molecule has 1 aromatic heterocycles. The lowest BCUT2D eigenvalue weighted by atomic mass is 9.87. The second-order valence-electron chi connectivity index (χ2n) is 5.67. The third-order valence-electron chi connectivity index (χ3n) is 2.97. The van der Waals surface area contributed by atoms with Crippen molar-refractivity contribution in [2.45, 2.75) is 26.2 Å². The van der Waals surface area contributed by atoms with Gasteiger partial charge in [-0.3, -0.25) is 10.2 Å². The molecular weight excluding hydrogens is 288 g/mol. The summed E-state index contributed by atoms with van der Waals surface area (Å²) in [5.74, 6) is 0. The molecule has 0 atom stereocenters. The molecule has 2 N–H and O–H groups in total. The molecule has 0 saturated heterocycles. The van der Waals surface area contributed by atoms with Crippen molar-refractivity contribution in [3.8, 4) is 0 Å². The standard InChI is InChI=1S/C15H17ClN4O/c1-15(2,3)11-6-4-10(5-7-11)8-17-19-12-9-18-20-14(21)13(12)16/h4-9H,1-3H3,(H2,19,20,21). The van der Waals surface area contributed by atoms with E-state index in [1.54, 1.807) is 6.21 Å². The number of halogens is 1. The first-order chi connectivity index (χ1) is 9.88. The molecule has 21 heavy (non-hydrogen) atoms. The minimum absolute atomic E-state index is 0.0326. The van der Waals surface area contributed by atoms with Crippen molar-refractivity contribution < 1.29 is 0 Å². The molecule has 6 heteroatoms. The number of anilines is 1. The van der Waals surface area contributed by atoms with E-state index in [-0.39, 0.29) is 10.4 Å². The van der Waals surface area contributed by atoms with Gasteiger partial charge in [-0.25, -0.2) is 5.10 Å². The number of hydrogen-bond donors (Lipinski definition) is 2. The van der Waals surface area contributed by atoms with Crippen LogP contribution in [0.3, 0.4) is 0 Å². The van der Waals surface area contributed by atoms with Gasteiger partial charge in [0.05, 0.1) is 12.4 Å². The van der Waals surface area contributed by atoms with E-state index in [4.69, 9.17) is 11.6 Å². The van der Waals surface area contributed by atoms with E-state index < -0.39 is 5.56 Å². The molecule has 110 valence electrons. The van der Waals surface area contributed by atoms with E-state index in [0.717, 1.165) is 5.56 Å². The molecular formula is C15H17ClN4O. The van der Waals surface area contributed by atoms with Gasteiger partial charge in [-0.2, -0.15) is 10.2 Å².